The van der Waals surface area contributed by atoms with Gasteiger partial charge in [0.05, 0.1) is 5.69 Å². The highest BCUT2D eigenvalue weighted by Gasteiger charge is 2.12. The SMILES string of the molecule is Cc1ccc(-n2[nH]c(C(=O)NCC(=O)O)cc2=O)cc1. The third-order valence-electron chi connectivity index (χ3n) is 2.66. The Morgan fingerprint density at radius 1 is 1.30 bits per heavy atom. The average molecular weight is 275 g/mol. The van der Waals surface area contributed by atoms with Gasteiger partial charge in [0.15, 0.2) is 0 Å². The number of H-pyrrole nitrogens is 1. The first-order chi connectivity index (χ1) is 9.47. The molecule has 20 heavy (non-hydrogen) atoms. The van der Waals surface area contributed by atoms with E-state index in [0.717, 1.165) is 11.6 Å². The number of carbonyl (C=O) groups is 2. The molecule has 7 heteroatoms. The van der Waals surface area contributed by atoms with E-state index in [0.29, 0.717) is 5.69 Å². The van der Waals surface area contributed by atoms with Gasteiger partial charge in [0.1, 0.15) is 12.2 Å². The largest absolute Gasteiger partial charge is 0.480 e. The van der Waals surface area contributed by atoms with Crippen molar-refractivity contribution in [2.45, 2.75) is 6.92 Å². The van der Waals surface area contributed by atoms with Crippen molar-refractivity contribution in [2.75, 3.05) is 6.54 Å². The molecule has 0 saturated heterocycles. The van der Waals surface area contributed by atoms with E-state index >= 15 is 0 Å². The Morgan fingerprint density at radius 2 is 1.95 bits per heavy atom. The molecule has 0 bridgehead atoms. The lowest BCUT2D eigenvalue weighted by Crippen LogP contribution is -2.29. The lowest BCUT2D eigenvalue weighted by atomic mass is 10.2. The van der Waals surface area contributed by atoms with E-state index in [2.05, 4.69) is 10.4 Å². The van der Waals surface area contributed by atoms with E-state index in [-0.39, 0.29) is 5.69 Å². The molecule has 1 heterocycles. The van der Waals surface area contributed by atoms with E-state index in [9.17, 15) is 14.4 Å². The first-order valence-corrected chi connectivity index (χ1v) is 5.86. The minimum atomic E-state index is -1.15. The van der Waals surface area contributed by atoms with Crippen LogP contribution in [0.25, 0.3) is 5.69 Å². The summed E-state index contributed by atoms with van der Waals surface area (Å²) in [6, 6.07) is 8.29. The number of aliphatic carboxylic acids is 1. The fourth-order valence-electron chi connectivity index (χ4n) is 1.65. The van der Waals surface area contributed by atoms with Crippen LogP contribution < -0.4 is 10.9 Å². The van der Waals surface area contributed by atoms with Crippen LogP contribution in [0.1, 0.15) is 16.1 Å². The molecule has 1 aromatic carbocycles. The van der Waals surface area contributed by atoms with Gasteiger partial charge in [0.2, 0.25) is 0 Å². The van der Waals surface area contributed by atoms with Crippen LogP contribution in [0.2, 0.25) is 0 Å². The molecule has 0 spiro atoms. The van der Waals surface area contributed by atoms with Crippen LogP contribution in [0, 0.1) is 6.92 Å². The smallest absolute Gasteiger partial charge is 0.322 e. The standard InChI is InChI=1S/C13H13N3O4/c1-8-2-4-9(5-3-8)16-11(17)6-10(15-16)13(20)14-7-12(18)19/h2-6,15H,7H2,1H3,(H,14,20)(H,18,19). The number of hydrogen-bond donors (Lipinski definition) is 3. The zero-order chi connectivity index (χ0) is 14.7. The highest BCUT2D eigenvalue weighted by Crippen LogP contribution is 2.06. The molecule has 3 N–H and O–H groups in total. The number of aromatic nitrogens is 2. The van der Waals surface area contributed by atoms with E-state index in [1.54, 1.807) is 12.1 Å². The highest BCUT2D eigenvalue weighted by atomic mass is 16.4. The van der Waals surface area contributed by atoms with Crippen LogP contribution >= 0.6 is 0 Å². The summed E-state index contributed by atoms with van der Waals surface area (Å²) in [5, 5.41) is 13.3. The number of nitrogens with zero attached hydrogens (tertiary/aromatic N) is 1. The summed E-state index contributed by atoms with van der Waals surface area (Å²) in [7, 11) is 0. The first kappa shape index (κ1) is 13.6. The second kappa shape index (κ2) is 5.43. The number of aromatic amines is 1. The van der Waals surface area contributed by atoms with E-state index in [4.69, 9.17) is 5.11 Å². The van der Waals surface area contributed by atoms with Crippen LogP contribution in [-0.4, -0.2) is 33.3 Å². The van der Waals surface area contributed by atoms with Crippen LogP contribution in [0.4, 0.5) is 0 Å². The predicted octanol–water partition coefficient (Wildman–Crippen LogP) is 0.288. The third-order valence-corrected chi connectivity index (χ3v) is 2.66. The van der Waals surface area contributed by atoms with Gasteiger partial charge < -0.3 is 10.4 Å². The minimum Gasteiger partial charge on any atom is -0.480 e. The van der Waals surface area contributed by atoms with Crippen LogP contribution in [0.15, 0.2) is 35.1 Å². The molecular weight excluding hydrogens is 262 g/mol. The van der Waals surface area contributed by atoms with Gasteiger partial charge in [-0.3, -0.25) is 19.5 Å². The molecule has 0 fully saturated rings. The highest BCUT2D eigenvalue weighted by molar-refractivity contribution is 5.93. The molecule has 2 aromatic rings. The van der Waals surface area contributed by atoms with Crippen molar-refractivity contribution < 1.29 is 14.7 Å². The third kappa shape index (κ3) is 2.94. The van der Waals surface area contributed by atoms with Gasteiger partial charge >= 0.3 is 5.97 Å². The number of hydrogen-bond acceptors (Lipinski definition) is 3. The maximum absolute atomic E-state index is 11.8. The van der Waals surface area contributed by atoms with Gasteiger partial charge in [-0.1, -0.05) is 17.7 Å². The normalized spacial score (nSPS) is 10.2. The van der Waals surface area contributed by atoms with Crippen molar-refractivity contribution in [1.82, 2.24) is 15.1 Å². The average Bonchev–Trinajstić information content (AvgIpc) is 2.79. The van der Waals surface area contributed by atoms with Crippen molar-refractivity contribution in [3.05, 3.63) is 51.9 Å². The number of nitrogens with one attached hydrogen (secondary N) is 2. The van der Waals surface area contributed by atoms with Gasteiger partial charge in [0.25, 0.3) is 11.5 Å². The molecular formula is C13H13N3O4. The zero-order valence-electron chi connectivity index (χ0n) is 10.7. The molecule has 0 radical (unpaired) electrons. The molecule has 1 amide bonds. The van der Waals surface area contributed by atoms with Crippen LogP contribution in [0.3, 0.4) is 0 Å². The summed E-state index contributed by atoms with van der Waals surface area (Å²) in [6.07, 6.45) is 0. The Morgan fingerprint density at radius 3 is 2.55 bits per heavy atom. The van der Waals surface area contributed by atoms with E-state index < -0.39 is 24.0 Å². The first-order valence-electron chi connectivity index (χ1n) is 5.86. The Labute approximate surface area is 113 Å². The molecule has 104 valence electrons. The van der Waals surface area contributed by atoms with Gasteiger partial charge in [-0.15, -0.1) is 0 Å². The lowest BCUT2D eigenvalue weighted by Gasteiger charge is -2.03. The van der Waals surface area contributed by atoms with Crippen LogP contribution in [0.5, 0.6) is 0 Å². The number of aryl methyl sites for hydroxylation is 1. The molecule has 0 unspecified atom stereocenters. The summed E-state index contributed by atoms with van der Waals surface area (Å²) in [5.41, 5.74) is 1.26. The number of carbonyl (C=O) groups excluding carboxylic acids is 1. The second-order valence-electron chi connectivity index (χ2n) is 4.26. The Balaban J connectivity index is 2.25. The second-order valence-corrected chi connectivity index (χ2v) is 4.26. The number of carboxylic acids is 1. The fraction of sp³-hybridized carbons (Fsp3) is 0.154. The molecule has 2 rings (SSSR count). The Kier molecular flexibility index (Phi) is 3.69. The monoisotopic (exact) mass is 275 g/mol. The van der Waals surface area contributed by atoms with Gasteiger partial charge in [0, 0.05) is 6.07 Å². The summed E-state index contributed by atoms with van der Waals surface area (Å²) in [5.74, 6) is -1.80. The molecule has 0 saturated carbocycles. The number of rotatable bonds is 4. The van der Waals surface area contributed by atoms with Gasteiger partial charge in [-0.05, 0) is 19.1 Å². The fourth-order valence-corrected chi connectivity index (χ4v) is 1.65. The topological polar surface area (TPSA) is 104 Å². The quantitative estimate of drug-likeness (QED) is 0.745. The molecule has 7 nitrogen and oxygen atoms in total. The predicted molar refractivity (Wildman–Crippen MR) is 71.1 cm³/mol. The number of benzene rings is 1. The number of amides is 1. The maximum Gasteiger partial charge on any atom is 0.322 e. The molecule has 0 aliphatic carbocycles. The lowest BCUT2D eigenvalue weighted by molar-refractivity contribution is -0.135. The van der Waals surface area contributed by atoms with Crippen molar-refractivity contribution in [3.63, 3.8) is 0 Å². The Bertz CT molecular complexity index is 697. The maximum atomic E-state index is 11.8. The molecule has 1 aromatic heterocycles. The summed E-state index contributed by atoms with van der Waals surface area (Å²) < 4.78 is 1.22. The van der Waals surface area contributed by atoms with Crippen LogP contribution in [-0.2, 0) is 4.79 Å². The molecule has 0 atom stereocenters. The molecule has 0 aliphatic heterocycles. The summed E-state index contributed by atoms with van der Waals surface area (Å²) in [6.45, 7) is 1.42. The van der Waals surface area contributed by atoms with Gasteiger partial charge in [-0.2, -0.15) is 0 Å². The van der Waals surface area contributed by atoms with Crippen molar-refractivity contribution in [1.29, 1.82) is 0 Å². The number of carboxylic acid groups (broad SMARTS) is 1. The van der Waals surface area contributed by atoms with Crippen molar-refractivity contribution >= 4 is 11.9 Å². The van der Waals surface area contributed by atoms with Crippen molar-refractivity contribution in [2.24, 2.45) is 0 Å². The molecule has 0 aliphatic rings. The van der Waals surface area contributed by atoms with Gasteiger partial charge in [-0.25, -0.2) is 4.68 Å². The summed E-state index contributed by atoms with van der Waals surface area (Å²) in [4.78, 5) is 33.8. The van der Waals surface area contributed by atoms with E-state index in [1.165, 1.54) is 4.68 Å². The Hall–Kier alpha value is -2.83. The summed E-state index contributed by atoms with van der Waals surface area (Å²) >= 11 is 0. The van der Waals surface area contributed by atoms with E-state index in [1.807, 2.05) is 19.1 Å². The minimum absolute atomic E-state index is 0.0109. The zero-order valence-corrected chi connectivity index (χ0v) is 10.7. The van der Waals surface area contributed by atoms with Crippen molar-refractivity contribution in [3.8, 4) is 5.69 Å².